The fraction of sp³-hybridized carbons (Fsp3) is 0.231. The van der Waals surface area contributed by atoms with E-state index in [-0.39, 0.29) is 0 Å². The maximum absolute atomic E-state index is 4.39. The molecule has 0 bridgehead atoms. The number of halogens is 1. The summed E-state index contributed by atoms with van der Waals surface area (Å²) >= 11 is 5.15. The second-order valence-electron chi connectivity index (χ2n) is 4.47. The van der Waals surface area contributed by atoms with Crippen LogP contribution in [0.5, 0.6) is 0 Å². The van der Waals surface area contributed by atoms with Crippen molar-refractivity contribution in [3.63, 3.8) is 0 Å². The van der Waals surface area contributed by atoms with Crippen molar-refractivity contribution in [3.8, 4) is 5.69 Å². The second-order valence-corrected chi connectivity index (χ2v) is 6.20. The molecular weight excluding hydrogens is 352 g/mol. The van der Waals surface area contributed by atoms with Crippen molar-refractivity contribution >= 4 is 27.7 Å². The van der Waals surface area contributed by atoms with Crippen LogP contribution in [-0.4, -0.2) is 30.0 Å². The van der Waals surface area contributed by atoms with Crippen LogP contribution >= 0.6 is 27.7 Å². The van der Waals surface area contributed by atoms with Gasteiger partial charge in [-0.1, -0.05) is 30.0 Å². The van der Waals surface area contributed by atoms with E-state index in [1.165, 1.54) is 0 Å². The Labute approximate surface area is 134 Å². The molecule has 2 heterocycles. The van der Waals surface area contributed by atoms with Crippen LogP contribution in [-0.2, 0) is 12.8 Å². The second kappa shape index (κ2) is 5.98. The summed E-state index contributed by atoms with van der Waals surface area (Å²) in [6.07, 6.45) is 0. The van der Waals surface area contributed by atoms with E-state index in [0.717, 1.165) is 32.5 Å². The summed E-state index contributed by atoms with van der Waals surface area (Å²) in [5.41, 5.74) is 3.04. The van der Waals surface area contributed by atoms with Crippen LogP contribution in [0, 0.1) is 6.92 Å². The molecule has 8 heteroatoms. The highest BCUT2D eigenvalue weighted by molar-refractivity contribution is 9.10. The molecule has 0 saturated heterocycles. The van der Waals surface area contributed by atoms with Gasteiger partial charge < -0.3 is 0 Å². The van der Waals surface area contributed by atoms with Gasteiger partial charge in [-0.15, -0.1) is 5.10 Å². The van der Waals surface area contributed by atoms with Crippen molar-refractivity contribution in [1.82, 2.24) is 30.0 Å². The van der Waals surface area contributed by atoms with E-state index in [2.05, 4.69) is 36.6 Å². The predicted octanol–water partition coefficient (Wildman–Crippen LogP) is 2.76. The molecule has 1 aromatic carbocycles. The first-order chi connectivity index (χ1) is 10.2. The molecule has 6 nitrogen and oxygen atoms in total. The third-order valence-corrected chi connectivity index (χ3v) is 5.00. The molecule has 0 fully saturated rings. The van der Waals surface area contributed by atoms with Crippen molar-refractivity contribution < 1.29 is 0 Å². The van der Waals surface area contributed by atoms with Gasteiger partial charge in [0.15, 0.2) is 0 Å². The minimum atomic E-state index is 0.741. The van der Waals surface area contributed by atoms with Gasteiger partial charge in [-0.25, -0.2) is 0 Å². The molecule has 3 aromatic rings. The summed E-state index contributed by atoms with van der Waals surface area (Å²) in [7, 11) is 1.94. The molecule has 108 valence electrons. The zero-order valence-corrected chi connectivity index (χ0v) is 14.0. The Bertz CT molecular complexity index is 751. The number of rotatable bonds is 4. The number of thioether (sulfide) groups is 1. The van der Waals surface area contributed by atoms with E-state index < -0.39 is 0 Å². The molecular formula is C13H13BrN6S. The predicted molar refractivity (Wildman–Crippen MR) is 84.4 cm³/mol. The molecule has 21 heavy (non-hydrogen) atoms. The summed E-state index contributed by atoms with van der Waals surface area (Å²) in [5.74, 6) is 0.741. The molecule has 0 aliphatic rings. The SMILES string of the molecule is Cc1nn(C)c(CSc2nnnn2-c2ccccc2)c1Br. The van der Waals surface area contributed by atoms with Gasteiger partial charge in [0, 0.05) is 12.8 Å². The highest BCUT2D eigenvalue weighted by Gasteiger charge is 2.14. The van der Waals surface area contributed by atoms with Gasteiger partial charge in [-0.05, 0) is 45.4 Å². The van der Waals surface area contributed by atoms with Gasteiger partial charge in [0.1, 0.15) is 0 Å². The Hall–Kier alpha value is -1.67. The van der Waals surface area contributed by atoms with Crippen molar-refractivity contribution in [1.29, 1.82) is 0 Å². The van der Waals surface area contributed by atoms with E-state index in [9.17, 15) is 0 Å². The molecule has 2 aromatic heterocycles. The van der Waals surface area contributed by atoms with E-state index >= 15 is 0 Å². The van der Waals surface area contributed by atoms with Crippen LogP contribution in [0.25, 0.3) is 5.69 Å². The van der Waals surface area contributed by atoms with E-state index in [0.29, 0.717) is 0 Å². The average molecular weight is 365 g/mol. The highest BCUT2D eigenvalue weighted by Crippen LogP contribution is 2.28. The maximum atomic E-state index is 4.39. The van der Waals surface area contributed by atoms with Crippen molar-refractivity contribution in [2.24, 2.45) is 7.05 Å². The molecule has 0 spiro atoms. The average Bonchev–Trinajstić information content (AvgIpc) is 3.04. The molecule has 0 radical (unpaired) electrons. The summed E-state index contributed by atoms with van der Waals surface area (Å²) in [5, 5.41) is 17.1. The third-order valence-electron chi connectivity index (χ3n) is 3.04. The summed E-state index contributed by atoms with van der Waals surface area (Å²) in [6, 6.07) is 9.85. The Morgan fingerprint density at radius 2 is 2.00 bits per heavy atom. The van der Waals surface area contributed by atoms with E-state index in [1.807, 2.05) is 49.0 Å². The number of hydrogen-bond acceptors (Lipinski definition) is 5. The fourth-order valence-electron chi connectivity index (χ4n) is 1.97. The summed E-state index contributed by atoms with van der Waals surface area (Å²) in [4.78, 5) is 0. The molecule has 0 amide bonds. The Morgan fingerprint density at radius 1 is 1.24 bits per heavy atom. The number of aromatic nitrogens is 6. The van der Waals surface area contributed by atoms with Crippen LogP contribution in [0.15, 0.2) is 40.0 Å². The normalized spacial score (nSPS) is 11.0. The molecule has 0 unspecified atom stereocenters. The maximum Gasteiger partial charge on any atom is 0.214 e. The van der Waals surface area contributed by atoms with Gasteiger partial charge in [-0.3, -0.25) is 4.68 Å². The minimum Gasteiger partial charge on any atom is -0.270 e. The Kier molecular flexibility index (Phi) is 4.07. The molecule has 0 aliphatic carbocycles. The monoisotopic (exact) mass is 364 g/mol. The standard InChI is InChI=1S/C13H13BrN6S/c1-9-12(14)11(19(2)16-9)8-21-13-15-17-18-20(13)10-6-4-3-5-7-10/h3-7H,8H2,1-2H3. The lowest BCUT2D eigenvalue weighted by molar-refractivity contribution is 0.725. The van der Waals surface area contributed by atoms with E-state index in [4.69, 9.17) is 0 Å². The summed E-state index contributed by atoms with van der Waals surface area (Å²) < 4.78 is 4.65. The summed E-state index contributed by atoms with van der Waals surface area (Å²) in [6.45, 7) is 1.98. The zero-order chi connectivity index (χ0) is 14.8. The number of tetrazole rings is 1. The van der Waals surface area contributed by atoms with Crippen LogP contribution in [0.3, 0.4) is 0 Å². The van der Waals surface area contributed by atoms with Gasteiger partial charge >= 0.3 is 0 Å². The quantitative estimate of drug-likeness (QED) is 0.666. The van der Waals surface area contributed by atoms with Gasteiger partial charge in [-0.2, -0.15) is 9.78 Å². The van der Waals surface area contributed by atoms with Crippen molar-refractivity contribution in [3.05, 3.63) is 46.2 Å². The number of para-hydroxylation sites is 1. The molecule has 0 atom stereocenters. The minimum absolute atomic E-state index is 0.741. The number of nitrogens with zero attached hydrogens (tertiary/aromatic N) is 6. The Balaban J connectivity index is 1.82. The smallest absolute Gasteiger partial charge is 0.214 e. The van der Waals surface area contributed by atoms with Crippen LogP contribution in [0.2, 0.25) is 0 Å². The molecule has 3 rings (SSSR count). The number of benzene rings is 1. The fourth-order valence-corrected chi connectivity index (χ4v) is 3.59. The van der Waals surface area contributed by atoms with E-state index in [1.54, 1.807) is 16.4 Å². The number of hydrogen-bond donors (Lipinski definition) is 0. The van der Waals surface area contributed by atoms with Crippen LogP contribution in [0.4, 0.5) is 0 Å². The first-order valence-corrected chi connectivity index (χ1v) is 8.09. The van der Waals surface area contributed by atoms with Crippen molar-refractivity contribution in [2.45, 2.75) is 17.8 Å². The topological polar surface area (TPSA) is 61.4 Å². The molecule has 0 aliphatic heterocycles. The van der Waals surface area contributed by atoms with Gasteiger partial charge in [0.25, 0.3) is 0 Å². The zero-order valence-electron chi connectivity index (χ0n) is 11.6. The third kappa shape index (κ3) is 2.86. The lowest BCUT2D eigenvalue weighted by atomic mass is 10.3. The first kappa shape index (κ1) is 14.3. The lowest BCUT2D eigenvalue weighted by Crippen LogP contribution is -2.00. The highest BCUT2D eigenvalue weighted by atomic mass is 79.9. The largest absolute Gasteiger partial charge is 0.270 e. The van der Waals surface area contributed by atoms with Gasteiger partial charge in [0.2, 0.25) is 5.16 Å². The molecule has 0 N–H and O–H groups in total. The number of aryl methyl sites for hydroxylation is 2. The Morgan fingerprint density at radius 3 is 2.67 bits per heavy atom. The van der Waals surface area contributed by atoms with Crippen molar-refractivity contribution in [2.75, 3.05) is 0 Å². The lowest BCUT2D eigenvalue weighted by Gasteiger charge is -2.04. The van der Waals surface area contributed by atoms with Crippen LogP contribution in [0.1, 0.15) is 11.4 Å². The van der Waals surface area contributed by atoms with Crippen LogP contribution < -0.4 is 0 Å². The molecule has 0 saturated carbocycles. The van der Waals surface area contributed by atoms with Gasteiger partial charge in [0.05, 0.1) is 21.5 Å². The first-order valence-electron chi connectivity index (χ1n) is 6.31.